The summed E-state index contributed by atoms with van der Waals surface area (Å²) in [5.74, 6) is 0. The Labute approximate surface area is 155 Å². The van der Waals surface area contributed by atoms with Crippen molar-refractivity contribution in [3.8, 4) is 0 Å². The highest BCUT2D eigenvalue weighted by Crippen LogP contribution is 2.44. The fraction of sp³-hybridized carbons (Fsp3) is 1.00. The van der Waals surface area contributed by atoms with E-state index in [0.29, 0.717) is 15.1 Å². The highest BCUT2D eigenvalue weighted by atomic mass is 35.6. The van der Waals surface area contributed by atoms with Crippen molar-refractivity contribution in [3.63, 3.8) is 0 Å². The van der Waals surface area contributed by atoms with Gasteiger partial charge in [0.2, 0.25) is 0 Å². The van der Waals surface area contributed by atoms with Gasteiger partial charge in [-0.1, -0.05) is 75.4 Å². The van der Waals surface area contributed by atoms with E-state index in [-0.39, 0.29) is 0 Å². The van der Waals surface area contributed by atoms with Crippen LogP contribution in [0.2, 0.25) is 54.4 Å². The first-order valence-electron chi connectivity index (χ1n) is 8.85. The Morgan fingerprint density at radius 2 is 0.696 bits per heavy atom. The molecule has 0 heterocycles. The van der Waals surface area contributed by atoms with Gasteiger partial charge in [-0.05, 0) is 41.3 Å². The van der Waals surface area contributed by atoms with Gasteiger partial charge in [0.05, 0.1) is 0 Å². The summed E-state index contributed by atoms with van der Waals surface area (Å²) in [4.78, 5) is 0. The summed E-state index contributed by atoms with van der Waals surface area (Å²) in [6.45, 7) is 34.2. The molecule has 0 aliphatic heterocycles. The van der Waals surface area contributed by atoms with Crippen molar-refractivity contribution >= 4 is 35.1 Å². The molecule has 0 rings (SSSR count). The lowest BCUT2D eigenvalue weighted by Crippen LogP contribution is -2.53. The monoisotopic (exact) mass is 396 g/mol. The van der Waals surface area contributed by atoms with Crippen LogP contribution in [0.3, 0.4) is 0 Å². The first-order chi connectivity index (χ1) is 9.46. The number of halogens is 1. The molecule has 0 saturated heterocycles. The van der Waals surface area contributed by atoms with E-state index < -0.39 is 24.0 Å². The molecule has 5 heteroatoms. The van der Waals surface area contributed by atoms with Crippen molar-refractivity contribution in [2.24, 2.45) is 0 Å². The third-order valence-electron chi connectivity index (χ3n) is 5.91. The average Bonchev–Trinajstić information content (AvgIpc) is 2.08. The van der Waals surface area contributed by atoms with E-state index in [1.807, 2.05) is 0 Å². The molecule has 0 aromatic carbocycles. The largest absolute Gasteiger partial charge is 0.455 e. The van der Waals surface area contributed by atoms with Gasteiger partial charge in [-0.25, -0.2) is 0 Å². The predicted octanol–water partition coefficient (Wildman–Crippen LogP) is 8.24. The molecule has 0 aromatic heterocycles. The smallest absolute Gasteiger partial charge is 0.178 e. The van der Waals surface area contributed by atoms with E-state index >= 15 is 0 Å². The van der Waals surface area contributed by atoms with Gasteiger partial charge in [0.25, 0.3) is 0 Å². The Hall–Kier alpha value is 0.901. The van der Waals surface area contributed by atoms with Crippen LogP contribution in [0.5, 0.6) is 0 Å². The number of rotatable bonds is 2. The Morgan fingerprint density at radius 3 is 0.783 bits per heavy atom. The van der Waals surface area contributed by atoms with Gasteiger partial charge in [0, 0.05) is 0 Å². The lowest BCUT2D eigenvalue weighted by Gasteiger charge is -2.47. The Bertz CT molecular complexity index is 328. The summed E-state index contributed by atoms with van der Waals surface area (Å²) in [5, 5.41) is 0.986. The van der Waals surface area contributed by atoms with E-state index in [1.165, 1.54) is 0 Å². The van der Waals surface area contributed by atoms with E-state index in [1.54, 1.807) is 0 Å². The second-order valence-corrected chi connectivity index (χ2v) is 28.5. The van der Waals surface area contributed by atoms with Crippen molar-refractivity contribution in [1.82, 2.24) is 0 Å². The highest BCUT2D eigenvalue weighted by Gasteiger charge is 2.46. The van der Waals surface area contributed by atoms with Crippen molar-refractivity contribution in [3.05, 3.63) is 0 Å². The minimum atomic E-state index is -1.59. The normalized spacial score (nSPS) is 15.1. The zero-order valence-corrected chi connectivity index (χ0v) is 22.5. The van der Waals surface area contributed by atoms with Gasteiger partial charge in [-0.3, -0.25) is 0 Å². The second kappa shape index (κ2) is 7.65. The molecule has 0 fully saturated rings. The third-order valence-corrected chi connectivity index (χ3v) is 22.5. The predicted molar refractivity (Wildman–Crippen MR) is 119 cm³/mol. The van der Waals surface area contributed by atoms with Crippen LogP contribution >= 0.6 is 11.1 Å². The summed E-state index contributed by atoms with van der Waals surface area (Å²) < 4.78 is 6.63. The van der Waals surface area contributed by atoms with Crippen LogP contribution < -0.4 is 0 Å². The molecule has 0 aliphatic carbocycles. The summed E-state index contributed by atoms with van der Waals surface area (Å²) in [5.41, 5.74) is 0. The summed E-state index contributed by atoms with van der Waals surface area (Å²) >= 11 is 6.15. The fourth-order valence-corrected chi connectivity index (χ4v) is 8.50. The van der Waals surface area contributed by atoms with Crippen LogP contribution in [-0.4, -0.2) is 24.0 Å². The Balaban J connectivity index is 0. The lowest BCUT2D eigenvalue weighted by molar-refractivity contribution is 0.449. The van der Waals surface area contributed by atoms with Crippen LogP contribution in [0.15, 0.2) is 0 Å². The van der Waals surface area contributed by atoms with Gasteiger partial charge in [-0.2, -0.15) is 11.1 Å². The number of hydrogen-bond acceptors (Lipinski definition) is 1. The maximum absolute atomic E-state index is 6.63. The molecule has 142 valence electrons. The van der Waals surface area contributed by atoms with Crippen molar-refractivity contribution in [2.75, 3.05) is 0 Å². The first kappa shape index (κ1) is 26.1. The fourth-order valence-electron chi connectivity index (χ4n) is 0.944. The third kappa shape index (κ3) is 8.70. The van der Waals surface area contributed by atoms with Gasteiger partial charge in [0.15, 0.2) is 24.0 Å². The van der Waals surface area contributed by atoms with Gasteiger partial charge in [0.1, 0.15) is 0 Å². The molecule has 0 saturated carbocycles. The first-order valence-corrected chi connectivity index (χ1v) is 18.7. The van der Waals surface area contributed by atoms with Gasteiger partial charge >= 0.3 is 0 Å². The van der Waals surface area contributed by atoms with E-state index in [2.05, 4.69) is 102 Å². The topological polar surface area (TPSA) is 9.23 Å². The van der Waals surface area contributed by atoms with Gasteiger partial charge in [-0.15, -0.1) is 0 Å². The molecule has 0 aliphatic rings. The van der Waals surface area contributed by atoms with Crippen LogP contribution in [0.4, 0.5) is 0 Å². The molecule has 0 unspecified atom stereocenters. The van der Waals surface area contributed by atoms with E-state index in [4.69, 9.17) is 15.2 Å². The van der Waals surface area contributed by atoms with Gasteiger partial charge < -0.3 is 4.12 Å². The maximum Gasteiger partial charge on any atom is 0.178 e. The summed E-state index contributed by atoms with van der Waals surface area (Å²) in [6, 6.07) is 0. The van der Waals surface area contributed by atoms with E-state index in [0.717, 1.165) is 0 Å². The average molecular weight is 397 g/mol. The quantitative estimate of drug-likeness (QED) is 0.337. The minimum Gasteiger partial charge on any atom is -0.455 e. The molecule has 0 aromatic rings. The van der Waals surface area contributed by atoms with Crippen LogP contribution in [-0.2, 0) is 4.12 Å². The summed E-state index contributed by atoms with van der Waals surface area (Å²) in [6.07, 6.45) is 0. The molecular weight excluding hydrogens is 352 g/mol. The molecular formula is C18H45ClOSi3. The zero-order valence-electron chi connectivity index (χ0n) is 18.8. The molecule has 0 amide bonds. The van der Waals surface area contributed by atoms with E-state index in [9.17, 15) is 0 Å². The molecule has 0 bridgehead atoms. The SMILES string of the molecule is CC(C)(C)[Si](C)(C)Cl.CC(C)(C)[Si](C)(C)O[Si](C)(C)C(C)(C)C. The van der Waals surface area contributed by atoms with Crippen molar-refractivity contribution in [1.29, 1.82) is 0 Å². The van der Waals surface area contributed by atoms with Crippen LogP contribution in [0.1, 0.15) is 62.3 Å². The maximum atomic E-state index is 6.63. The standard InChI is InChI=1S/C12H30OSi2.C6H15ClSi/c1-11(2,3)14(7,8)13-15(9,10)12(4,5)6;1-6(2,3)8(4,5)7/h1-10H3;1-5H3. The zero-order chi connectivity index (χ0) is 19.7. The minimum absolute atomic E-state index is 0.322. The van der Waals surface area contributed by atoms with Crippen LogP contribution in [0.25, 0.3) is 0 Å². The Kier molecular flexibility index (Phi) is 8.69. The second-order valence-electron chi connectivity index (χ2n) is 11.3. The van der Waals surface area contributed by atoms with Crippen LogP contribution in [0, 0.1) is 0 Å². The molecule has 0 atom stereocenters. The van der Waals surface area contributed by atoms with Crippen molar-refractivity contribution < 1.29 is 4.12 Å². The lowest BCUT2D eigenvalue weighted by atomic mass is 10.2. The molecule has 23 heavy (non-hydrogen) atoms. The molecule has 1 nitrogen and oxygen atoms in total. The number of hydrogen-bond donors (Lipinski definition) is 0. The molecule has 0 radical (unpaired) electrons. The summed E-state index contributed by atoms with van der Waals surface area (Å²) in [7, 11) is -4.56. The molecule has 0 spiro atoms. The molecule has 0 N–H and O–H groups in total. The Morgan fingerprint density at radius 1 is 0.522 bits per heavy atom. The van der Waals surface area contributed by atoms with Crippen molar-refractivity contribution in [2.45, 2.75) is 117 Å². The highest BCUT2D eigenvalue weighted by molar-refractivity contribution is 7.20.